The first kappa shape index (κ1) is 20.8. The lowest BCUT2D eigenvalue weighted by atomic mass is 9.90. The van der Waals surface area contributed by atoms with Crippen molar-refractivity contribution in [1.29, 1.82) is 0 Å². The summed E-state index contributed by atoms with van der Waals surface area (Å²) in [4.78, 5) is 26.7. The van der Waals surface area contributed by atoms with Gasteiger partial charge in [-0.25, -0.2) is 0 Å². The molecule has 7 heteroatoms. The molecule has 2 unspecified atom stereocenters. The molecule has 7 nitrogen and oxygen atoms in total. The van der Waals surface area contributed by atoms with Crippen LogP contribution in [-0.2, 0) is 14.3 Å². The largest absolute Gasteiger partial charge is 0.376 e. The van der Waals surface area contributed by atoms with Gasteiger partial charge in [0.25, 0.3) is 0 Å². The number of aromatic nitrogens is 2. The fraction of sp³-hybridized carbons (Fsp3) is 0.762. The molecule has 156 valence electrons. The van der Waals surface area contributed by atoms with Crippen LogP contribution in [0.15, 0.2) is 18.5 Å². The van der Waals surface area contributed by atoms with Crippen LogP contribution < -0.4 is 5.32 Å². The van der Waals surface area contributed by atoms with E-state index in [0.717, 1.165) is 12.8 Å². The average molecular weight is 391 g/mol. The van der Waals surface area contributed by atoms with Gasteiger partial charge in [-0.1, -0.05) is 19.3 Å². The van der Waals surface area contributed by atoms with Crippen LogP contribution >= 0.6 is 0 Å². The van der Waals surface area contributed by atoms with Gasteiger partial charge >= 0.3 is 0 Å². The number of nitrogens with one attached hydrogen (secondary N) is 1. The minimum Gasteiger partial charge on any atom is -0.376 e. The van der Waals surface area contributed by atoms with Gasteiger partial charge in [0.1, 0.15) is 6.04 Å². The molecule has 1 saturated carbocycles. The van der Waals surface area contributed by atoms with Crippen molar-refractivity contribution in [3.63, 3.8) is 0 Å². The first-order valence-electron chi connectivity index (χ1n) is 10.7. The van der Waals surface area contributed by atoms with E-state index in [9.17, 15) is 9.59 Å². The van der Waals surface area contributed by atoms with E-state index in [-0.39, 0.29) is 17.9 Å². The lowest BCUT2D eigenvalue weighted by Crippen LogP contribution is -2.55. The highest BCUT2D eigenvalue weighted by Crippen LogP contribution is 2.25. The van der Waals surface area contributed by atoms with Crippen molar-refractivity contribution in [1.82, 2.24) is 20.0 Å². The van der Waals surface area contributed by atoms with Gasteiger partial charge in [-0.3, -0.25) is 14.3 Å². The van der Waals surface area contributed by atoms with Crippen LogP contribution in [-0.4, -0.2) is 58.3 Å². The molecule has 1 saturated heterocycles. The third-order valence-electron chi connectivity index (χ3n) is 6.09. The van der Waals surface area contributed by atoms with Gasteiger partial charge < -0.3 is 15.0 Å². The van der Waals surface area contributed by atoms with Crippen molar-refractivity contribution in [3.05, 3.63) is 18.5 Å². The molecule has 2 heterocycles. The average Bonchev–Trinajstić information content (AvgIpc) is 3.25. The predicted octanol–water partition coefficient (Wildman–Crippen LogP) is 2.54. The number of likely N-dealkylation sites (tertiary alicyclic amines) is 1. The minimum atomic E-state index is -0.623. The molecule has 28 heavy (non-hydrogen) atoms. The quantitative estimate of drug-likeness (QED) is 0.776. The van der Waals surface area contributed by atoms with E-state index < -0.39 is 6.04 Å². The summed E-state index contributed by atoms with van der Waals surface area (Å²) in [5, 5.41) is 7.15. The molecule has 0 radical (unpaired) electrons. The molecule has 1 aliphatic carbocycles. The van der Waals surface area contributed by atoms with Crippen LogP contribution in [0.3, 0.4) is 0 Å². The van der Waals surface area contributed by atoms with Crippen molar-refractivity contribution >= 4 is 11.8 Å². The monoisotopic (exact) mass is 390 g/mol. The van der Waals surface area contributed by atoms with Gasteiger partial charge in [-0.2, -0.15) is 5.10 Å². The normalized spacial score (nSPS) is 21.3. The summed E-state index contributed by atoms with van der Waals surface area (Å²) in [6, 6.07) is 1.64. The highest BCUT2D eigenvalue weighted by molar-refractivity contribution is 5.87. The Hall–Kier alpha value is -1.89. The summed E-state index contributed by atoms with van der Waals surface area (Å²) in [7, 11) is 0. The summed E-state index contributed by atoms with van der Waals surface area (Å²) in [5.41, 5.74) is 0. The van der Waals surface area contributed by atoms with E-state index >= 15 is 0 Å². The van der Waals surface area contributed by atoms with Crippen LogP contribution in [0.1, 0.15) is 64.8 Å². The van der Waals surface area contributed by atoms with Crippen LogP contribution in [0.4, 0.5) is 0 Å². The van der Waals surface area contributed by atoms with E-state index in [1.807, 2.05) is 28.8 Å². The van der Waals surface area contributed by atoms with Gasteiger partial charge in [-0.05, 0) is 44.6 Å². The second kappa shape index (κ2) is 10.0. The van der Waals surface area contributed by atoms with Gasteiger partial charge in [0.15, 0.2) is 0 Å². The zero-order valence-electron chi connectivity index (χ0n) is 17.2. The lowest BCUT2D eigenvalue weighted by molar-refractivity contribution is -0.142. The molecule has 1 aliphatic heterocycles. The molecule has 0 spiro atoms. The number of hydrogen-bond donors (Lipinski definition) is 1. The third kappa shape index (κ3) is 5.56. The second-order valence-corrected chi connectivity index (χ2v) is 8.26. The summed E-state index contributed by atoms with van der Waals surface area (Å²) in [6.07, 6.45) is 11.4. The van der Waals surface area contributed by atoms with Gasteiger partial charge in [0.2, 0.25) is 11.8 Å². The number of carbonyl (C=O) groups excluding carboxylic acids is 2. The molecule has 1 aromatic heterocycles. The van der Waals surface area contributed by atoms with E-state index in [1.165, 1.54) is 39.0 Å². The molecule has 0 aromatic carbocycles. The maximum absolute atomic E-state index is 13.1. The molecule has 1 aromatic rings. The number of rotatable bonds is 7. The zero-order chi connectivity index (χ0) is 19.9. The first-order valence-corrected chi connectivity index (χ1v) is 10.7. The number of hydrogen-bond acceptors (Lipinski definition) is 4. The highest BCUT2D eigenvalue weighted by Gasteiger charge is 2.33. The molecular formula is C21H34N4O3. The van der Waals surface area contributed by atoms with Crippen LogP contribution in [0.25, 0.3) is 0 Å². The summed E-state index contributed by atoms with van der Waals surface area (Å²) >= 11 is 0. The maximum Gasteiger partial charge on any atom is 0.247 e. The SMILES string of the molecule is CC(=O)NC(C(=O)N1CCC(n2cccn2)CC1)C(C)OCC1CCCCC1. The van der Waals surface area contributed by atoms with E-state index in [2.05, 4.69) is 10.4 Å². The number of amides is 2. The Morgan fingerprint density at radius 2 is 1.89 bits per heavy atom. The van der Waals surface area contributed by atoms with Crippen molar-refractivity contribution in [2.75, 3.05) is 19.7 Å². The number of carbonyl (C=O) groups is 2. The van der Waals surface area contributed by atoms with Crippen molar-refractivity contribution < 1.29 is 14.3 Å². The Bertz CT molecular complexity index is 620. The smallest absolute Gasteiger partial charge is 0.247 e. The fourth-order valence-electron chi connectivity index (χ4n) is 4.38. The Kier molecular flexibility index (Phi) is 7.48. The standard InChI is InChI=1S/C21H34N4O3/c1-16(28-15-18-7-4-3-5-8-18)20(23-17(2)26)21(27)24-13-9-19(10-14-24)25-12-6-11-22-25/h6,11-12,16,18-20H,3-5,7-10,13-15H2,1-2H3,(H,23,26). The molecular weight excluding hydrogens is 356 g/mol. The first-order chi connectivity index (χ1) is 13.5. The van der Waals surface area contributed by atoms with Crippen LogP contribution in [0.2, 0.25) is 0 Å². The van der Waals surface area contributed by atoms with Crippen LogP contribution in [0.5, 0.6) is 0 Å². The van der Waals surface area contributed by atoms with Gasteiger partial charge in [0, 0.05) is 39.0 Å². The Morgan fingerprint density at radius 1 is 1.18 bits per heavy atom. The summed E-state index contributed by atoms with van der Waals surface area (Å²) in [6.45, 7) is 5.38. The minimum absolute atomic E-state index is 0.0368. The third-order valence-corrected chi connectivity index (χ3v) is 6.09. The second-order valence-electron chi connectivity index (χ2n) is 8.26. The number of piperidine rings is 1. The molecule has 2 aliphatic rings. The van der Waals surface area contributed by atoms with E-state index in [0.29, 0.717) is 31.7 Å². The molecule has 1 N–H and O–H groups in total. The Morgan fingerprint density at radius 3 is 2.50 bits per heavy atom. The predicted molar refractivity (Wildman–Crippen MR) is 107 cm³/mol. The van der Waals surface area contributed by atoms with Crippen molar-refractivity contribution in [3.8, 4) is 0 Å². The van der Waals surface area contributed by atoms with Crippen molar-refractivity contribution in [2.45, 2.75) is 77.0 Å². The lowest BCUT2D eigenvalue weighted by Gasteiger charge is -2.36. The molecule has 0 bridgehead atoms. The number of nitrogens with zero attached hydrogens (tertiary/aromatic N) is 3. The van der Waals surface area contributed by atoms with Crippen molar-refractivity contribution in [2.24, 2.45) is 5.92 Å². The molecule has 2 atom stereocenters. The highest BCUT2D eigenvalue weighted by atomic mass is 16.5. The van der Waals surface area contributed by atoms with Crippen LogP contribution in [0, 0.1) is 5.92 Å². The molecule has 2 fully saturated rings. The summed E-state index contributed by atoms with van der Waals surface area (Å²) in [5.74, 6) is 0.345. The Balaban J connectivity index is 1.54. The summed E-state index contributed by atoms with van der Waals surface area (Å²) < 4.78 is 8.04. The van der Waals surface area contributed by atoms with Gasteiger partial charge in [0.05, 0.1) is 12.1 Å². The van der Waals surface area contributed by atoms with Gasteiger partial charge in [-0.15, -0.1) is 0 Å². The number of ether oxygens (including phenoxy) is 1. The zero-order valence-corrected chi connectivity index (χ0v) is 17.2. The van der Waals surface area contributed by atoms with E-state index in [1.54, 1.807) is 6.20 Å². The molecule has 2 amide bonds. The van der Waals surface area contributed by atoms with E-state index in [4.69, 9.17) is 4.74 Å². The maximum atomic E-state index is 13.1. The molecule has 3 rings (SSSR count). The fourth-order valence-corrected chi connectivity index (χ4v) is 4.38. The topological polar surface area (TPSA) is 76.5 Å². The Labute approximate surface area is 167 Å².